The molecular formula is C16H12ClN3O3S2. The molecule has 3 aromatic rings. The van der Waals surface area contributed by atoms with Crippen molar-refractivity contribution in [2.24, 2.45) is 0 Å². The maximum absolute atomic E-state index is 12.1. The van der Waals surface area contributed by atoms with Gasteiger partial charge in [0.1, 0.15) is 0 Å². The fourth-order valence-electron chi connectivity index (χ4n) is 2.11. The van der Waals surface area contributed by atoms with E-state index in [9.17, 15) is 14.9 Å². The Morgan fingerprint density at radius 1 is 1.36 bits per heavy atom. The van der Waals surface area contributed by atoms with E-state index in [0.29, 0.717) is 20.6 Å². The molecule has 0 aliphatic carbocycles. The van der Waals surface area contributed by atoms with Crippen LogP contribution in [0.25, 0.3) is 10.2 Å². The molecule has 25 heavy (non-hydrogen) atoms. The van der Waals surface area contributed by atoms with E-state index in [1.54, 1.807) is 18.2 Å². The van der Waals surface area contributed by atoms with Crippen LogP contribution in [0.2, 0.25) is 5.02 Å². The van der Waals surface area contributed by atoms with Gasteiger partial charge in [-0.3, -0.25) is 14.9 Å². The summed E-state index contributed by atoms with van der Waals surface area (Å²) in [4.78, 5) is 26.9. The number of carbonyl (C=O) groups is 1. The Hall–Kier alpha value is -2.16. The van der Waals surface area contributed by atoms with Crippen molar-refractivity contribution in [1.82, 2.24) is 4.98 Å². The number of rotatable bonds is 5. The zero-order chi connectivity index (χ0) is 18.0. The van der Waals surface area contributed by atoms with Crippen LogP contribution in [0, 0.1) is 17.0 Å². The maximum Gasteiger partial charge on any atom is 0.270 e. The molecule has 0 radical (unpaired) electrons. The number of nitro benzene ring substituents is 1. The SMILES string of the molecule is Cc1ccc(Cl)cc1NC(=O)CSc1nc2ccc([N+](=O)[O-])cc2s1. The number of halogens is 1. The van der Waals surface area contributed by atoms with Crippen molar-refractivity contribution < 1.29 is 9.72 Å². The van der Waals surface area contributed by atoms with Gasteiger partial charge in [-0.2, -0.15) is 0 Å². The molecule has 0 atom stereocenters. The van der Waals surface area contributed by atoms with Gasteiger partial charge in [0, 0.05) is 22.8 Å². The lowest BCUT2D eigenvalue weighted by atomic mass is 10.2. The highest BCUT2D eigenvalue weighted by Crippen LogP contribution is 2.32. The molecule has 1 amide bonds. The highest BCUT2D eigenvalue weighted by molar-refractivity contribution is 8.01. The molecule has 0 aliphatic heterocycles. The predicted molar refractivity (Wildman–Crippen MR) is 102 cm³/mol. The van der Waals surface area contributed by atoms with Crippen LogP contribution in [0.1, 0.15) is 5.56 Å². The third-order valence-electron chi connectivity index (χ3n) is 3.36. The Bertz CT molecular complexity index is 974. The average Bonchev–Trinajstić information content (AvgIpc) is 2.98. The van der Waals surface area contributed by atoms with Crippen molar-refractivity contribution in [2.75, 3.05) is 11.1 Å². The Morgan fingerprint density at radius 2 is 2.16 bits per heavy atom. The third kappa shape index (κ3) is 4.28. The number of anilines is 1. The van der Waals surface area contributed by atoms with Gasteiger partial charge in [-0.1, -0.05) is 29.4 Å². The van der Waals surface area contributed by atoms with E-state index in [-0.39, 0.29) is 17.3 Å². The van der Waals surface area contributed by atoms with Crippen LogP contribution < -0.4 is 5.32 Å². The van der Waals surface area contributed by atoms with Gasteiger partial charge in [0.15, 0.2) is 4.34 Å². The minimum Gasteiger partial charge on any atom is -0.325 e. The number of aromatic nitrogens is 1. The van der Waals surface area contributed by atoms with Crippen molar-refractivity contribution in [3.8, 4) is 0 Å². The second-order valence-corrected chi connectivity index (χ2v) is 7.87. The molecule has 1 aromatic heterocycles. The highest BCUT2D eigenvalue weighted by atomic mass is 35.5. The standard InChI is InChI=1S/C16H12ClN3O3S2/c1-9-2-3-10(17)6-13(9)18-15(21)8-24-16-19-12-5-4-11(20(22)23)7-14(12)25-16/h2-7H,8H2,1H3,(H,18,21). The lowest BCUT2D eigenvalue weighted by Gasteiger charge is -2.08. The summed E-state index contributed by atoms with van der Waals surface area (Å²) >= 11 is 8.56. The third-order valence-corrected chi connectivity index (χ3v) is 5.76. The minimum absolute atomic E-state index is 0.0295. The summed E-state index contributed by atoms with van der Waals surface area (Å²) in [7, 11) is 0. The molecule has 0 saturated carbocycles. The predicted octanol–water partition coefficient (Wildman–Crippen LogP) is 4.90. The van der Waals surface area contributed by atoms with E-state index in [1.807, 2.05) is 13.0 Å². The Kier molecular flexibility index (Phi) is 5.22. The maximum atomic E-state index is 12.1. The smallest absolute Gasteiger partial charge is 0.270 e. The summed E-state index contributed by atoms with van der Waals surface area (Å²) in [6.07, 6.45) is 0. The number of amides is 1. The summed E-state index contributed by atoms with van der Waals surface area (Å²) in [6.45, 7) is 1.89. The van der Waals surface area contributed by atoms with Crippen LogP contribution in [0.5, 0.6) is 0 Å². The van der Waals surface area contributed by atoms with Gasteiger partial charge in [0.05, 0.1) is 20.9 Å². The topological polar surface area (TPSA) is 85.1 Å². The molecule has 0 spiro atoms. The number of nitro groups is 1. The lowest BCUT2D eigenvalue weighted by Crippen LogP contribution is -2.14. The van der Waals surface area contributed by atoms with Crippen molar-refractivity contribution in [3.63, 3.8) is 0 Å². The van der Waals surface area contributed by atoms with Crippen LogP contribution in [-0.2, 0) is 4.79 Å². The minimum atomic E-state index is -0.438. The van der Waals surface area contributed by atoms with Crippen LogP contribution in [0.4, 0.5) is 11.4 Å². The number of non-ortho nitro benzene ring substituents is 1. The number of nitrogens with one attached hydrogen (secondary N) is 1. The number of thioether (sulfide) groups is 1. The van der Waals surface area contributed by atoms with Crippen LogP contribution in [0.15, 0.2) is 40.7 Å². The molecule has 9 heteroatoms. The first kappa shape index (κ1) is 17.7. The Morgan fingerprint density at radius 3 is 2.92 bits per heavy atom. The first-order chi connectivity index (χ1) is 11.9. The van der Waals surface area contributed by atoms with Crippen LogP contribution in [0.3, 0.4) is 0 Å². The molecule has 128 valence electrons. The first-order valence-corrected chi connectivity index (χ1v) is 9.34. The van der Waals surface area contributed by atoms with Crippen molar-refractivity contribution >= 4 is 62.2 Å². The lowest BCUT2D eigenvalue weighted by molar-refractivity contribution is -0.384. The van der Waals surface area contributed by atoms with Crippen molar-refractivity contribution in [2.45, 2.75) is 11.3 Å². The number of aryl methyl sites for hydroxylation is 1. The van der Waals surface area contributed by atoms with E-state index < -0.39 is 4.92 Å². The van der Waals surface area contributed by atoms with Crippen molar-refractivity contribution in [1.29, 1.82) is 0 Å². The summed E-state index contributed by atoms with van der Waals surface area (Å²) in [6, 6.07) is 9.84. The summed E-state index contributed by atoms with van der Waals surface area (Å²) in [5.41, 5.74) is 2.32. The zero-order valence-electron chi connectivity index (χ0n) is 13.0. The van der Waals surface area contributed by atoms with E-state index in [4.69, 9.17) is 11.6 Å². The summed E-state index contributed by atoms with van der Waals surface area (Å²) < 4.78 is 1.41. The van der Waals surface area contributed by atoms with Gasteiger partial charge < -0.3 is 5.32 Å². The Labute approximate surface area is 156 Å². The normalized spacial score (nSPS) is 10.8. The Balaban J connectivity index is 1.66. The van der Waals surface area contributed by atoms with Crippen molar-refractivity contribution in [3.05, 3.63) is 57.1 Å². The van der Waals surface area contributed by atoms with Gasteiger partial charge in [-0.15, -0.1) is 11.3 Å². The molecule has 1 heterocycles. The average molecular weight is 394 g/mol. The summed E-state index contributed by atoms with van der Waals surface area (Å²) in [5.74, 6) is 0.0223. The quantitative estimate of drug-likeness (QED) is 0.378. The highest BCUT2D eigenvalue weighted by Gasteiger charge is 2.12. The monoisotopic (exact) mass is 393 g/mol. The number of thiazole rings is 1. The zero-order valence-corrected chi connectivity index (χ0v) is 15.4. The van der Waals surface area contributed by atoms with Crippen LogP contribution in [-0.4, -0.2) is 21.6 Å². The second kappa shape index (κ2) is 7.38. The largest absolute Gasteiger partial charge is 0.325 e. The molecule has 0 bridgehead atoms. The van der Waals surface area contributed by atoms with Gasteiger partial charge in [0.25, 0.3) is 5.69 Å². The van der Waals surface area contributed by atoms with E-state index in [1.165, 1.54) is 35.2 Å². The molecule has 6 nitrogen and oxygen atoms in total. The number of carbonyl (C=O) groups excluding carboxylic acids is 1. The summed E-state index contributed by atoms with van der Waals surface area (Å²) in [5, 5.41) is 14.2. The number of hydrogen-bond donors (Lipinski definition) is 1. The number of nitrogens with zero attached hydrogens (tertiary/aromatic N) is 2. The fraction of sp³-hybridized carbons (Fsp3) is 0.125. The molecule has 2 aromatic carbocycles. The van der Waals surface area contributed by atoms with Crippen LogP contribution >= 0.6 is 34.7 Å². The molecule has 0 fully saturated rings. The van der Waals surface area contributed by atoms with Gasteiger partial charge in [-0.05, 0) is 30.7 Å². The second-order valence-electron chi connectivity index (χ2n) is 5.19. The molecule has 0 aliphatic rings. The van der Waals surface area contributed by atoms with Gasteiger partial charge >= 0.3 is 0 Å². The first-order valence-electron chi connectivity index (χ1n) is 7.16. The number of fused-ring (bicyclic) bond motifs is 1. The molecule has 0 saturated heterocycles. The van der Waals surface area contributed by atoms with E-state index in [2.05, 4.69) is 10.3 Å². The molecule has 1 N–H and O–H groups in total. The molecule has 0 unspecified atom stereocenters. The molecular weight excluding hydrogens is 382 g/mol. The molecule has 3 rings (SSSR count). The van der Waals surface area contributed by atoms with Gasteiger partial charge in [-0.25, -0.2) is 4.98 Å². The number of hydrogen-bond acceptors (Lipinski definition) is 6. The number of benzene rings is 2. The fourth-order valence-corrected chi connectivity index (χ4v) is 4.18. The van der Waals surface area contributed by atoms with E-state index >= 15 is 0 Å². The van der Waals surface area contributed by atoms with E-state index in [0.717, 1.165) is 10.3 Å². The van der Waals surface area contributed by atoms with Gasteiger partial charge in [0.2, 0.25) is 5.91 Å².